The monoisotopic (exact) mass is 405 g/mol. The fraction of sp³-hybridized carbons (Fsp3) is 0.619. The van der Waals surface area contributed by atoms with Crippen molar-refractivity contribution in [1.82, 2.24) is 14.4 Å². The van der Waals surface area contributed by atoms with Crippen LogP contribution in [-0.4, -0.2) is 52.0 Å². The number of carbonyl (C=O) groups excluding carboxylic acids is 1. The first kappa shape index (κ1) is 19.5. The van der Waals surface area contributed by atoms with Crippen LogP contribution in [0.3, 0.4) is 0 Å². The maximum absolute atomic E-state index is 13.0. The third-order valence-corrected chi connectivity index (χ3v) is 6.50. The minimum Gasteiger partial charge on any atom is -0.408 e. The van der Waals surface area contributed by atoms with Crippen molar-refractivity contribution in [3.8, 4) is 0 Å². The summed E-state index contributed by atoms with van der Waals surface area (Å²) in [6.07, 6.45) is 5.19. The number of halogens is 1. The number of aromatic nitrogens is 1. The summed E-state index contributed by atoms with van der Waals surface area (Å²) in [5.41, 5.74) is 1.28. The number of hydrogen-bond acceptors (Lipinski definition) is 4. The van der Waals surface area contributed by atoms with Gasteiger partial charge < -0.3 is 9.32 Å². The summed E-state index contributed by atoms with van der Waals surface area (Å²) in [4.78, 5) is 29.7. The van der Waals surface area contributed by atoms with E-state index in [2.05, 4.69) is 23.6 Å². The Morgan fingerprint density at radius 3 is 2.68 bits per heavy atom. The molecule has 1 aromatic heterocycles. The molecular formula is C21H28ClN3O3. The molecule has 2 aliphatic rings. The van der Waals surface area contributed by atoms with Crippen molar-refractivity contribution in [2.45, 2.75) is 64.1 Å². The Labute approximate surface area is 170 Å². The molecule has 152 valence electrons. The highest BCUT2D eigenvalue weighted by Gasteiger charge is 2.32. The molecule has 0 saturated carbocycles. The highest BCUT2D eigenvalue weighted by molar-refractivity contribution is 6.31. The quantitative estimate of drug-likeness (QED) is 0.781. The number of nitrogens with zero attached hydrogens (tertiary/aromatic N) is 3. The number of rotatable bonds is 3. The van der Waals surface area contributed by atoms with Crippen LogP contribution in [-0.2, 0) is 4.79 Å². The number of amides is 1. The molecule has 6 nitrogen and oxygen atoms in total. The Morgan fingerprint density at radius 1 is 1.18 bits per heavy atom. The zero-order chi connectivity index (χ0) is 19.8. The number of benzene rings is 1. The average Bonchev–Trinajstić information content (AvgIpc) is 2.96. The van der Waals surface area contributed by atoms with Gasteiger partial charge >= 0.3 is 5.76 Å². The zero-order valence-corrected chi connectivity index (χ0v) is 17.3. The summed E-state index contributed by atoms with van der Waals surface area (Å²) < 4.78 is 7.11. The van der Waals surface area contributed by atoms with Crippen LogP contribution in [0, 0.1) is 0 Å². The lowest BCUT2D eigenvalue weighted by Crippen LogP contribution is -2.52. The fourth-order valence-electron chi connectivity index (χ4n) is 4.92. The van der Waals surface area contributed by atoms with Crippen molar-refractivity contribution in [3.05, 3.63) is 33.8 Å². The topological polar surface area (TPSA) is 58.7 Å². The van der Waals surface area contributed by atoms with Crippen LogP contribution in [0.5, 0.6) is 0 Å². The molecule has 3 heterocycles. The van der Waals surface area contributed by atoms with Crippen molar-refractivity contribution in [1.29, 1.82) is 0 Å². The van der Waals surface area contributed by atoms with Crippen molar-refractivity contribution < 1.29 is 9.21 Å². The lowest BCUT2D eigenvalue weighted by molar-refractivity contribution is -0.138. The van der Waals surface area contributed by atoms with E-state index in [0.717, 1.165) is 37.7 Å². The Kier molecular flexibility index (Phi) is 5.52. The second-order valence-corrected chi connectivity index (χ2v) is 8.75. The minimum atomic E-state index is -0.353. The first-order valence-electron chi connectivity index (χ1n) is 10.3. The van der Waals surface area contributed by atoms with E-state index in [1.807, 2.05) is 0 Å². The molecule has 1 aromatic carbocycles. The van der Waals surface area contributed by atoms with E-state index >= 15 is 0 Å². The first-order chi connectivity index (χ1) is 13.4. The number of oxazole rings is 1. The van der Waals surface area contributed by atoms with Gasteiger partial charge in [0.05, 0.1) is 18.1 Å². The summed E-state index contributed by atoms with van der Waals surface area (Å²) >= 11 is 6.13. The van der Waals surface area contributed by atoms with Crippen LogP contribution in [0.2, 0.25) is 5.02 Å². The van der Waals surface area contributed by atoms with Crippen LogP contribution < -0.4 is 5.76 Å². The van der Waals surface area contributed by atoms with Crippen LogP contribution in [0.15, 0.2) is 27.4 Å². The number of likely N-dealkylation sites (tertiary alicyclic amines) is 2. The van der Waals surface area contributed by atoms with E-state index in [9.17, 15) is 9.59 Å². The molecule has 4 rings (SSSR count). The minimum absolute atomic E-state index is 0.00929. The predicted molar refractivity (Wildman–Crippen MR) is 110 cm³/mol. The summed E-state index contributed by atoms with van der Waals surface area (Å²) in [7, 11) is 0. The summed E-state index contributed by atoms with van der Waals surface area (Å²) in [5, 5.41) is 0.581. The smallest absolute Gasteiger partial charge is 0.408 e. The van der Waals surface area contributed by atoms with E-state index in [1.165, 1.54) is 6.42 Å². The molecule has 2 saturated heterocycles. The van der Waals surface area contributed by atoms with Gasteiger partial charge in [-0.1, -0.05) is 11.6 Å². The molecule has 2 aliphatic heterocycles. The van der Waals surface area contributed by atoms with Gasteiger partial charge in [-0.25, -0.2) is 4.79 Å². The second kappa shape index (κ2) is 7.91. The Morgan fingerprint density at radius 2 is 1.93 bits per heavy atom. The van der Waals surface area contributed by atoms with Crippen molar-refractivity contribution in [3.63, 3.8) is 0 Å². The van der Waals surface area contributed by atoms with Gasteiger partial charge in [-0.05, 0) is 70.7 Å². The standard InChI is InChI=1S/C21H28ClN3O3/c1-14-5-3-6-15(2)24(14)20(26)13-23-10-4-7-17(12-23)25-18-11-16(22)8-9-19(18)28-21(25)27/h8-9,11,14-15,17H,3-7,10,12-13H2,1-2H3/t14-,15-,17+/m1/s1. The normalized spacial score (nSPS) is 26.7. The Hall–Kier alpha value is -1.79. The maximum atomic E-state index is 13.0. The van der Waals surface area contributed by atoms with E-state index in [4.69, 9.17) is 16.0 Å². The zero-order valence-electron chi connectivity index (χ0n) is 16.6. The van der Waals surface area contributed by atoms with Crippen LogP contribution >= 0.6 is 11.6 Å². The lowest BCUT2D eigenvalue weighted by Gasteiger charge is -2.41. The molecule has 2 fully saturated rings. The number of hydrogen-bond donors (Lipinski definition) is 0. The van der Waals surface area contributed by atoms with Gasteiger partial charge in [0.25, 0.3) is 0 Å². The lowest BCUT2D eigenvalue weighted by atomic mass is 9.97. The van der Waals surface area contributed by atoms with Crippen molar-refractivity contribution in [2.24, 2.45) is 0 Å². The van der Waals surface area contributed by atoms with E-state index < -0.39 is 0 Å². The molecule has 0 unspecified atom stereocenters. The second-order valence-electron chi connectivity index (χ2n) is 8.31. The fourth-order valence-corrected chi connectivity index (χ4v) is 5.09. The van der Waals surface area contributed by atoms with Crippen LogP contribution in [0.1, 0.15) is 52.0 Å². The largest absolute Gasteiger partial charge is 0.420 e. The summed E-state index contributed by atoms with van der Waals surface area (Å²) in [6.45, 7) is 6.25. The van der Waals surface area contributed by atoms with Gasteiger partial charge in [-0.2, -0.15) is 0 Å². The highest BCUT2D eigenvalue weighted by atomic mass is 35.5. The third-order valence-electron chi connectivity index (χ3n) is 6.26. The van der Waals surface area contributed by atoms with Crippen LogP contribution in [0.25, 0.3) is 11.1 Å². The predicted octanol–water partition coefficient (Wildman–Crippen LogP) is 3.67. The maximum Gasteiger partial charge on any atom is 0.420 e. The molecule has 0 bridgehead atoms. The molecule has 7 heteroatoms. The molecule has 2 aromatic rings. The SMILES string of the molecule is C[C@@H]1CCC[C@@H](C)N1C(=O)CN1CCC[C@H](n2c(=O)oc3ccc(Cl)cc32)C1. The van der Waals surface area contributed by atoms with E-state index in [-0.39, 0.29) is 17.7 Å². The summed E-state index contributed by atoms with van der Waals surface area (Å²) in [5.74, 6) is -0.151. The molecular weight excluding hydrogens is 378 g/mol. The number of carbonyl (C=O) groups is 1. The molecule has 0 aliphatic carbocycles. The molecule has 1 amide bonds. The van der Waals surface area contributed by atoms with Gasteiger partial charge in [0.2, 0.25) is 5.91 Å². The van der Waals surface area contributed by atoms with E-state index in [0.29, 0.717) is 35.8 Å². The third kappa shape index (κ3) is 3.72. The molecule has 0 spiro atoms. The molecule has 28 heavy (non-hydrogen) atoms. The van der Waals surface area contributed by atoms with Gasteiger partial charge in [-0.3, -0.25) is 14.3 Å². The highest BCUT2D eigenvalue weighted by Crippen LogP contribution is 2.27. The average molecular weight is 406 g/mol. The number of piperidine rings is 2. The van der Waals surface area contributed by atoms with Crippen LogP contribution in [0.4, 0.5) is 0 Å². The summed E-state index contributed by atoms with van der Waals surface area (Å²) in [6, 6.07) is 5.84. The van der Waals surface area contributed by atoms with Gasteiger partial charge in [-0.15, -0.1) is 0 Å². The van der Waals surface area contributed by atoms with Gasteiger partial charge in [0.15, 0.2) is 5.58 Å². The molecule has 0 radical (unpaired) electrons. The Balaban J connectivity index is 1.51. The van der Waals surface area contributed by atoms with Gasteiger partial charge in [0, 0.05) is 23.7 Å². The number of fused-ring (bicyclic) bond motifs is 1. The Bertz CT molecular complexity index is 911. The molecule has 3 atom stereocenters. The van der Waals surface area contributed by atoms with Crippen molar-refractivity contribution >= 4 is 28.6 Å². The molecule has 0 N–H and O–H groups in total. The first-order valence-corrected chi connectivity index (χ1v) is 10.7. The van der Waals surface area contributed by atoms with Crippen molar-refractivity contribution in [2.75, 3.05) is 19.6 Å². The van der Waals surface area contributed by atoms with Gasteiger partial charge in [0.1, 0.15) is 0 Å². The van der Waals surface area contributed by atoms with E-state index in [1.54, 1.807) is 22.8 Å².